The van der Waals surface area contributed by atoms with E-state index in [1.165, 1.54) is 6.92 Å². The molecule has 0 saturated carbocycles. The predicted molar refractivity (Wildman–Crippen MR) is 130 cm³/mol. The maximum atomic E-state index is 12.9. The third-order valence-corrected chi connectivity index (χ3v) is 6.75. The zero-order chi connectivity index (χ0) is 24.3. The number of amidine groups is 1. The van der Waals surface area contributed by atoms with Gasteiger partial charge in [0.15, 0.2) is 0 Å². The summed E-state index contributed by atoms with van der Waals surface area (Å²) in [6, 6.07) is 5.21. The fourth-order valence-electron chi connectivity index (χ4n) is 2.87. The van der Waals surface area contributed by atoms with Gasteiger partial charge in [0.2, 0.25) is 21.8 Å². The van der Waals surface area contributed by atoms with Gasteiger partial charge in [-0.2, -0.15) is 11.8 Å². The van der Waals surface area contributed by atoms with Crippen LogP contribution in [0.4, 0.5) is 0 Å². The van der Waals surface area contributed by atoms with Crippen molar-refractivity contribution < 1.29 is 18.0 Å². The van der Waals surface area contributed by atoms with Gasteiger partial charge in [-0.05, 0) is 43.3 Å². The molecule has 32 heavy (non-hydrogen) atoms. The van der Waals surface area contributed by atoms with Crippen molar-refractivity contribution in [1.29, 1.82) is 5.41 Å². The van der Waals surface area contributed by atoms with E-state index in [9.17, 15) is 18.0 Å². The zero-order valence-electron chi connectivity index (χ0n) is 19.1. The molecule has 9 nitrogen and oxygen atoms in total. The molecule has 2 unspecified atom stereocenters. The van der Waals surface area contributed by atoms with E-state index >= 15 is 0 Å². The van der Waals surface area contributed by atoms with Gasteiger partial charge < -0.3 is 16.4 Å². The average Bonchev–Trinajstić information content (AvgIpc) is 2.74. The highest BCUT2D eigenvalue weighted by atomic mass is 32.2. The maximum Gasteiger partial charge on any atom is 0.242 e. The Hall–Kier alpha value is -2.11. The Morgan fingerprint density at radius 2 is 1.75 bits per heavy atom. The minimum atomic E-state index is -3.58. The minimum absolute atomic E-state index is 0.0323. The Morgan fingerprint density at radius 1 is 1.12 bits per heavy atom. The Bertz CT molecular complexity index is 873. The second kappa shape index (κ2) is 13.4. The second-order valence-corrected chi connectivity index (χ2v) is 10.9. The molecule has 0 heterocycles. The molecular weight excluding hydrogens is 450 g/mol. The molecule has 0 spiro atoms. The van der Waals surface area contributed by atoms with E-state index < -0.39 is 28.0 Å². The highest BCUT2D eigenvalue weighted by Gasteiger charge is 2.28. The van der Waals surface area contributed by atoms with Gasteiger partial charge in [0.05, 0.1) is 5.75 Å². The quantitative estimate of drug-likeness (QED) is 0.197. The summed E-state index contributed by atoms with van der Waals surface area (Å²) in [5, 5.41) is 13.0. The highest BCUT2D eigenvalue weighted by Crippen LogP contribution is 2.09. The van der Waals surface area contributed by atoms with Crippen LogP contribution in [0, 0.1) is 11.3 Å². The van der Waals surface area contributed by atoms with E-state index in [2.05, 4.69) is 15.4 Å². The van der Waals surface area contributed by atoms with Crippen LogP contribution in [0.1, 0.15) is 44.7 Å². The van der Waals surface area contributed by atoms with Crippen LogP contribution in [-0.4, -0.2) is 55.9 Å². The van der Waals surface area contributed by atoms with E-state index in [0.29, 0.717) is 24.2 Å². The molecule has 0 aromatic heterocycles. The van der Waals surface area contributed by atoms with Gasteiger partial charge in [-0.3, -0.25) is 15.0 Å². The molecule has 180 valence electrons. The van der Waals surface area contributed by atoms with E-state index in [1.54, 1.807) is 36.0 Å². The van der Waals surface area contributed by atoms with Crippen molar-refractivity contribution in [3.63, 3.8) is 0 Å². The lowest BCUT2D eigenvalue weighted by Gasteiger charge is -2.24. The summed E-state index contributed by atoms with van der Waals surface area (Å²) in [7, 11) is -3.58. The first-order valence-electron chi connectivity index (χ1n) is 10.5. The molecule has 1 rings (SSSR count). The second-order valence-electron chi connectivity index (χ2n) is 7.87. The van der Waals surface area contributed by atoms with Gasteiger partial charge in [-0.25, -0.2) is 13.1 Å². The van der Waals surface area contributed by atoms with Gasteiger partial charge in [0.25, 0.3) is 0 Å². The molecule has 0 aliphatic heterocycles. The molecule has 0 aliphatic rings. The van der Waals surface area contributed by atoms with Crippen LogP contribution < -0.4 is 21.1 Å². The molecule has 0 bridgehead atoms. The number of thioether (sulfide) groups is 1. The van der Waals surface area contributed by atoms with Crippen molar-refractivity contribution >= 4 is 39.4 Å². The van der Waals surface area contributed by atoms with Gasteiger partial charge >= 0.3 is 0 Å². The highest BCUT2D eigenvalue weighted by molar-refractivity contribution is 7.98. The Kier molecular flexibility index (Phi) is 11.7. The standard InChI is InChI=1S/C21H35N5O4S2/c1-5-32(29,30)26-18(12-14(2)3)21(28)25-17(10-11-31-4)20(27)24-13-15-6-8-16(9-7-15)19(22)23/h6-9,14,17-18,26H,5,10-13H2,1-4H3,(H3,22,23)(H,24,27)(H,25,28). The molecule has 0 radical (unpaired) electrons. The molecule has 11 heteroatoms. The van der Waals surface area contributed by atoms with Crippen LogP contribution in [0.2, 0.25) is 0 Å². The number of hydrogen-bond donors (Lipinski definition) is 5. The number of sulfonamides is 1. The molecule has 2 amide bonds. The Labute approximate surface area is 195 Å². The first-order valence-corrected chi connectivity index (χ1v) is 13.5. The third-order valence-electron chi connectivity index (χ3n) is 4.70. The first kappa shape index (κ1) is 27.9. The smallest absolute Gasteiger partial charge is 0.242 e. The summed E-state index contributed by atoms with van der Waals surface area (Å²) in [5.74, 6) is -0.279. The summed E-state index contributed by atoms with van der Waals surface area (Å²) in [4.78, 5) is 25.7. The largest absolute Gasteiger partial charge is 0.384 e. The average molecular weight is 486 g/mol. The van der Waals surface area contributed by atoms with Crippen molar-refractivity contribution in [3.05, 3.63) is 35.4 Å². The van der Waals surface area contributed by atoms with Crippen molar-refractivity contribution in [2.45, 2.75) is 52.2 Å². The number of nitrogen functional groups attached to an aromatic ring is 1. The van der Waals surface area contributed by atoms with Crippen LogP contribution in [0.15, 0.2) is 24.3 Å². The number of hydrogen-bond acceptors (Lipinski definition) is 6. The van der Waals surface area contributed by atoms with Crippen LogP contribution in [-0.2, 0) is 26.2 Å². The van der Waals surface area contributed by atoms with E-state index in [0.717, 1.165) is 5.56 Å². The van der Waals surface area contributed by atoms with Crippen LogP contribution >= 0.6 is 11.8 Å². The molecule has 6 N–H and O–H groups in total. The molecule has 0 saturated heterocycles. The van der Waals surface area contributed by atoms with Gasteiger partial charge in [0.1, 0.15) is 17.9 Å². The number of carbonyl (C=O) groups is 2. The van der Waals surface area contributed by atoms with Crippen LogP contribution in [0.3, 0.4) is 0 Å². The van der Waals surface area contributed by atoms with Crippen LogP contribution in [0.25, 0.3) is 0 Å². The number of nitrogens with two attached hydrogens (primary N) is 1. The van der Waals surface area contributed by atoms with Crippen molar-refractivity contribution in [2.75, 3.05) is 17.8 Å². The topological polar surface area (TPSA) is 154 Å². The van der Waals surface area contributed by atoms with Gasteiger partial charge in [-0.15, -0.1) is 0 Å². The fraction of sp³-hybridized carbons (Fsp3) is 0.571. The third kappa shape index (κ3) is 10.0. The van der Waals surface area contributed by atoms with Gasteiger partial charge in [-0.1, -0.05) is 38.1 Å². The molecule has 0 aliphatic carbocycles. The molecule has 0 fully saturated rings. The Balaban J connectivity index is 2.86. The molecular formula is C21H35N5O4S2. The zero-order valence-corrected chi connectivity index (χ0v) is 20.7. The number of carbonyl (C=O) groups excluding carboxylic acids is 2. The number of benzene rings is 1. The van der Waals surface area contributed by atoms with Crippen molar-refractivity contribution in [3.8, 4) is 0 Å². The predicted octanol–water partition coefficient (Wildman–Crippen LogP) is 1.18. The SMILES string of the molecule is CCS(=O)(=O)NC(CC(C)C)C(=O)NC(CCSC)C(=O)NCc1ccc(C(=N)N)cc1. The van der Waals surface area contributed by atoms with Gasteiger partial charge in [0, 0.05) is 12.1 Å². The molecule has 2 atom stereocenters. The van der Waals surface area contributed by atoms with E-state index in [-0.39, 0.29) is 30.0 Å². The normalized spacial score (nSPS) is 13.4. The summed E-state index contributed by atoms with van der Waals surface area (Å²) < 4.78 is 26.5. The lowest BCUT2D eigenvalue weighted by molar-refractivity contribution is -0.130. The van der Waals surface area contributed by atoms with E-state index in [4.69, 9.17) is 11.1 Å². The lowest BCUT2D eigenvalue weighted by atomic mass is 10.0. The summed E-state index contributed by atoms with van der Waals surface area (Å²) in [6.45, 7) is 5.55. The van der Waals surface area contributed by atoms with E-state index in [1.807, 2.05) is 20.1 Å². The number of amides is 2. The summed E-state index contributed by atoms with van der Waals surface area (Å²) in [5.41, 5.74) is 6.87. The minimum Gasteiger partial charge on any atom is -0.384 e. The fourth-order valence-corrected chi connectivity index (χ4v) is 4.15. The monoisotopic (exact) mass is 485 g/mol. The Morgan fingerprint density at radius 3 is 2.25 bits per heavy atom. The molecule has 1 aromatic rings. The first-order chi connectivity index (χ1) is 15.0. The van der Waals surface area contributed by atoms with Crippen LogP contribution in [0.5, 0.6) is 0 Å². The number of rotatable bonds is 14. The molecule has 1 aromatic carbocycles. The summed E-state index contributed by atoms with van der Waals surface area (Å²) >= 11 is 1.55. The summed E-state index contributed by atoms with van der Waals surface area (Å²) in [6.07, 6.45) is 2.64. The maximum absolute atomic E-state index is 12.9. The number of nitrogens with one attached hydrogen (secondary N) is 4. The van der Waals surface area contributed by atoms with Crippen molar-refractivity contribution in [1.82, 2.24) is 15.4 Å². The lowest BCUT2D eigenvalue weighted by Crippen LogP contribution is -2.54. The van der Waals surface area contributed by atoms with Crippen molar-refractivity contribution in [2.24, 2.45) is 11.7 Å².